The Morgan fingerprint density at radius 3 is 2.53 bits per heavy atom. The Kier molecular flexibility index (Phi) is 5.23. The Morgan fingerprint density at radius 2 is 2.00 bits per heavy atom. The Labute approximate surface area is 105 Å². The normalized spacial score (nSPS) is 12.6. The lowest BCUT2D eigenvalue weighted by atomic mass is 9.98. The second-order valence-corrected chi connectivity index (χ2v) is 4.58. The summed E-state index contributed by atoms with van der Waals surface area (Å²) in [5.74, 6) is 0.922. The molecular formula is C15H23NO. The monoisotopic (exact) mass is 233 g/mol. The lowest BCUT2D eigenvalue weighted by Crippen LogP contribution is -2.14. The third-order valence-electron chi connectivity index (χ3n) is 2.84. The van der Waals surface area contributed by atoms with Crippen molar-refractivity contribution < 1.29 is 4.74 Å². The maximum Gasteiger partial charge on any atom is 0.119 e. The molecule has 0 aromatic heterocycles. The first-order chi connectivity index (χ1) is 8.08. The minimum absolute atomic E-state index is 0.922. The Bertz CT molecular complexity index is 394. The SMILES string of the molecule is CC/C(=C(\C)CN(C)C)c1cccc(OC)c1. The van der Waals surface area contributed by atoms with Crippen molar-refractivity contribution in [3.8, 4) is 5.75 Å². The van der Waals surface area contributed by atoms with E-state index in [1.54, 1.807) is 7.11 Å². The fraction of sp³-hybridized carbons (Fsp3) is 0.467. The van der Waals surface area contributed by atoms with Gasteiger partial charge in [0, 0.05) is 6.54 Å². The van der Waals surface area contributed by atoms with E-state index in [-0.39, 0.29) is 0 Å². The summed E-state index contributed by atoms with van der Waals surface area (Å²) >= 11 is 0. The molecule has 0 amide bonds. The number of hydrogen-bond donors (Lipinski definition) is 0. The number of hydrogen-bond acceptors (Lipinski definition) is 2. The van der Waals surface area contributed by atoms with Crippen LogP contribution in [0.3, 0.4) is 0 Å². The van der Waals surface area contributed by atoms with Gasteiger partial charge in [0.25, 0.3) is 0 Å². The number of benzene rings is 1. The van der Waals surface area contributed by atoms with E-state index in [1.165, 1.54) is 16.7 Å². The highest BCUT2D eigenvalue weighted by Crippen LogP contribution is 2.25. The van der Waals surface area contributed by atoms with Crippen molar-refractivity contribution in [3.05, 3.63) is 35.4 Å². The van der Waals surface area contributed by atoms with Crippen LogP contribution in [0.15, 0.2) is 29.8 Å². The lowest BCUT2D eigenvalue weighted by molar-refractivity contribution is 0.414. The number of allylic oxidation sites excluding steroid dienone is 1. The van der Waals surface area contributed by atoms with Crippen LogP contribution in [-0.2, 0) is 0 Å². The van der Waals surface area contributed by atoms with Gasteiger partial charge in [-0.25, -0.2) is 0 Å². The summed E-state index contributed by atoms with van der Waals surface area (Å²) in [6.07, 6.45) is 1.05. The predicted octanol–water partition coefficient (Wildman–Crippen LogP) is 3.44. The molecule has 2 nitrogen and oxygen atoms in total. The summed E-state index contributed by atoms with van der Waals surface area (Å²) in [5, 5.41) is 0. The van der Waals surface area contributed by atoms with Gasteiger partial charge in [0.2, 0.25) is 0 Å². The average Bonchev–Trinajstić information content (AvgIpc) is 2.29. The molecule has 0 fully saturated rings. The average molecular weight is 233 g/mol. The van der Waals surface area contributed by atoms with Crippen LogP contribution in [-0.4, -0.2) is 32.6 Å². The third-order valence-corrected chi connectivity index (χ3v) is 2.84. The van der Waals surface area contributed by atoms with Crippen LogP contribution in [0.25, 0.3) is 5.57 Å². The number of likely N-dealkylation sites (N-methyl/N-ethyl adjacent to an activating group) is 1. The smallest absolute Gasteiger partial charge is 0.119 e. The largest absolute Gasteiger partial charge is 0.497 e. The third kappa shape index (κ3) is 3.90. The summed E-state index contributed by atoms with van der Waals surface area (Å²) in [5.41, 5.74) is 4.11. The Morgan fingerprint density at radius 1 is 1.29 bits per heavy atom. The van der Waals surface area contributed by atoms with E-state index in [0.717, 1.165) is 18.7 Å². The van der Waals surface area contributed by atoms with Crippen LogP contribution in [0, 0.1) is 0 Å². The van der Waals surface area contributed by atoms with E-state index < -0.39 is 0 Å². The van der Waals surface area contributed by atoms with Crippen molar-refractivity contribution in [2.75, 3.05) is 27.7 Å². The zero-order valence-electron chi connectivity index (χ0n) is 11.6. The first-order valence-corrected chi connectivity index (χ1v) is 6.06. The van der Waals surface area contributed by atoms with Gasteiger partial charge in [0.1, 0.15) is 5.75 Å². The molecule has 0 spiro atoms. The van der Waals surface area contributed by atoms with Crippen LogP contribution in [0.2, 0.25) is 0 Å². The molecule has 0 N–H and O–H groups in total. The minimum atomic E-state index is 0.922. The predicted molar refractivity (Wildman–Crippen MR) is 74.4 cm³/mol. The zero-order chi connectivity index (χ0) is 12.8. The van der Waals surface area contributed by atoms with Crippen molar-refractivity contribution >= 4 is 5.57 Å². The zero-order valence-corrected chi connectivity index (χ0v) is 11.6. The van der Waals surface area contributed by atoms with Crippen molar-refractivity contribution in [2.24, 2.45) is 0 Å². The van der Waals surface area contributed by atoms with Crippen LogP contribution in [0.1, 0.15) is 25.8 Å². The number of methoxy groups -OCH3 is 1. The van der Waals surface area contributed by atoms with Crippen LogP contribution in [0.5, 0.6) is 5.75 Å². The standard InChI is InChI=1S/C15H23NO/c1-6-15(12(2)11-16(3)4)13-8-7-9-14(10-13)17-5/h7-10H,6,11H2,1-5H3/b15-12-. The highest BCUT2D eigenvalue weighted by molar-refractivity contribution is 5.69. The fourth-order valence-electron chi connectivity index (χ4n) is 2.13. The summed E-state index contributed by atoms with van der Waals surface area (Å²) < 4.78 is 5.28. The Balaban J connectivity index is 3.07. The Hall–Kier alpha value is -1.28. The van der Waals surface area contributed by atoms with Gasteiger partial charge < -0.3 is 9.64 Å². The van der Waals surface area contributed by atoms with Gasteiger partial charge in [0.15, 0.2) is 0 Å². The fourth-order valence-corrected chi connectivity index (χ4v) is 2.13. The lowest BCUT2D eigenvalue weighted by Gasteiger charge is -2.15. The topological polar surface area (TPSA) is 12.5 Å². The van der Waals surface area contributed by atoms with Crippen molar-refractivity contribution in [1.29, 1.82) is 0 Å². The molecule has 0 aliphatic carbocycles. The molecule has 0 radical (unpaired) electrons. The number of ether oxygens (including phenoxy) is 1. The quantitative estimate of drug-likeness (QED) is 0.772. The van der Waals surface area contributed by atoms with Gasteiger partial charge in [-0.15, -0.1) is 0 Å². The van der Waals surface area contributed by atoms with E-state index >= 15 is 0 Å². The molecule has 0 heterocycles. The van der Waals surface area contributed by atoms with Gasteiger partial charge in [0.05, 0.1) is 7.11 Å². The molecule has 0 saturated carbocycles. The van der Waals surface area contributed by atoms with E-state index in [0.29, 0.717) is 0 Å². The van der Waals surface area contributed by atoms with Crippen LogP contribution >= 0.6 is 0 Å². The minimum Gasteiger partial charge on any atom is -0.497 e. The summed E-state index contributed by atoms with van der Waals surface area (Å²) in [6, 6.07) is 8.29. The molecule has 1 rings (SSSR count). The first-order valence-electron chi connectivity index (χ1n) is 6.06. The van der Waals surface area contributed by atoms with E-state index in [1.807, 2.05) is 12.1 Å². The van der Waals surface area contributed by atoms with Gasteiger partial charge in [-0.2, -0.15) is 0 Å². The summed E-state index contributed by atoms with van der Waals surface area (Å²) in [7, 11) is 5.91. The molecule has 0 unspecified atom stereocenters. The summed E-state index contributed by atoms with van der Waals surface area (Å²) in [6.45, 7) is 5.41. The van der Waals surface area contributed by atoms with Crippen LogP contribution in [0.4, 0.5) is 0 Å². The highest BCUT2D eigenvalue weighted by Gasteiger charge is 2.06. The molecule has 0 saturated heterocycles. The van der Waals surface area contributed by atoms with Crippen molar-refractivity contribution in [3.63, 3.8) is 0 Å². The second-order valence-electron chi connectivity index (χ2n) is 4.58. The number of rotatable bonds is 5. The molecule has 0 atom stereocenters. The maximum absolute atomic E-state index is 5.28. The molecule has 17 heavy (non-hydrogen) atoms. The molecule has 2 heteroatoms. The molecule has 0 aliphatic heterocycles. The molecule has 0 bridgehead atoms. The van der Waals surface area contributed by atoms with Crippen LogP contribution < -0.4 is 4.74 Å². The van der Waals surface area contributed by atoms with Crippen molar-refractivity contribution in [2.45, 2.75) is 20.3 Å². The highest BCUT2D eigenvalue weighted by atomic mass is 16.5. The molecule has 1 aromatic carbocycles. The number of nitrogens with zero attached hydrogens (tertiary/aromatic N) is 1. The molecule has 94 valence electrons. The van der Waals surface area contributed by atoms with E-state index in [2.05, 4.69) is 45.0 Å². The van der Waals surface area contributed by atoms with Gasteiger partial charge in [-0.1, -0.05) is 24.6 Å². The second kappa shape index (κ2) is 6.45. The van der Waals surface area contributed by atoms with Crippen molar-refractivity contribution in [1.82, 2.24) is 4.90 Å². The van der Waals surface area contributed by atoms with Gasteiger partial charge in [-0.3, -0.25) is 0 Å². The molecular weight excluding hydrogens is 210 g/mol. The van der Waals surface area contributed by atoms with Gasteiger partial charge >= 0.3 is 0 Å². The maximum atomic E-state index is 5.28. The molecule has 1 aromatic rings. The molecule has 0 aliphatic rings. The van der Waals surface area contributed by atoms with E-state index in [4.69, 9.17) is 4.74 Å². The summed E-state index contributed by atoms with van der Waals surface area (Å²) in [4.78, 5) is 2.20. The first kappa shape index (κ1) is 13.8. The van der Waals surface area contributed by atoms with E-state index in [9.17, 15) is 0 Å². The van der Waals surface area contributed by atoms with Gasteiger partial charge in [-0.05, 0) is 50.7 Å².